The lowest BCUT2D eigenvalue weighted by atomic mass is 10.1. The number of rotatable bonds is 3. The van der Waals surface area contributed by atoms with E-state index in [9.17, 15) is 0 Å². The van der Waals surface area contributed by atoms with Gasteiger partial charge in [-0.25, -0.2) is 0 Å². The van der Waals surface area contributed by atoms with Crippen LogP contribution in [-0.2, 0) is 6.54 Å². The van der Waals surface area contributed by atoms with E-state index in [-0.39, 0.29) is 0 Å². The minimum Gasteiger partial charge on any atom is -0.372 e. The van der Waals surface area contributed by atoms with Crippen LogP contribution in [0.15, 0.2) is 30.6 Å². The second-order valence-electron chi connectivity index (χ2n) is 4.89. The van der Waals surface area contributed by atoms with E-state index in [1.54, 1.807) is 6.33 Å². The predicted octanol–water partition coefficient (Wildman–Crippen LogP) is 1.72. The highest BCUT2D eigenvalue weighted by molar-refractivity contribution is 5.51. The molecule has 3 rings (SSSR count). The molecule has 0 radical (unpaired) electrons. The van der Waals surface area contributed by atoms with Gasteiger partial charge in [-0.3, -0.25) is 4.57 Å². The van der Waals surface area contributed by atoms with Gasteiger partial charge in [0.05, 0.1) is 6.54 Å². The molecule has 2 heterocycles. The Hall–Kier alpha value is -1.88. The minimum absolute atomic E-state index is 0.397. The van der Waals surface area contributed by atoms with E-state index < -0.39 is 0 Å². The molecule has 0 unspecified atom stereocenters. The van der Waals surface area contributed by atoms with Gasteiger partial charge in [-0.2, -0.15) is 0 Å². The number of hydrogen-bond acceptors (Lipinski definition) is 4. The molecule has 1 aliphatic rings. The van der Waals surface area contributed by atoms with E-state index in [4.69, 9.17) is 5.73 Å². The number of piperidine rings is 1. The Morgan fingerprint density at radius 2 is 1.68 bits per heavy atom. The molecule has 0 amide bonds. The van der Waals surface area contributed by atoms with Gasteiger partial charge in [0, 0.05) is 24.5 Å². The maximum atomic E-state index is 5.65. The summed E-state index contributed by atoms with van der Waals surface area (Å²) < 4.78 is 1.93. The van der Waals surface area contributed by atoms with E-state index in [2.05, 4.69) is 39.4 Å². The molecule has 5 heteroatoms. The van der Waals surface area contributed by atoms with Gasteiger partial charge in [0.25, 0.3) is 0 Å². The zero-order valence-corrected chi connectivity index (χ0v) is 11.0. The summed E-state index contributed by atoms with van der Waals surface area (Å²) in [6.07, 6.45) is 5.66. The van der Waals surface area contributed by atoms with E-state index >= 15 is 0 Å². The number of benzene rings is 1. The largest absolute Gasteiger partial charge is 0.372 e. The monoisotopic (exact) mass is 257 g/mol. The van der Waals surface area contributed by atoms with Gasteiger partial charge in [-0.1, -0.05) is 0 Å². The lowest BCUT2D eigenvalue weighted by molar-refractivity contribution is 0.578. The number of nitrogens with zero attached hydrogens (tertiary/aromatic N) is 4. The van der Waals surface area contributed by atoms with Crippen LogP contribution in [-0.4, -0.2) is 27.9 Å². The van der Waals surface area contributed by atoms with Crippen molar-refractivity contribution in [1.82, 2.24) is 14.8 Å². The third-order valence-corrected chi connectivity index (χ3v) is 3.65. The first-order valence-corrected chi connectivity index (χ1v) is 6.83. The molecule has 5 nitrogen and oxygen atoms in total. The third-order valence-electron chi connectivity index (χ3n) is 3.65. The standard InChI is InChI=1S/C14H19N5/c15-10-14-17-16-11-19(14)13-6-4-12(5-7-13)18-8-2-1-3-9-18/h4-7,11H,1-3,8-10,15H2. The van der Waals surface area contributed by atoms with Crippen LogP contribution in [0.4, 0.5) is 5.69 Å². The number of aromatic nitrogens is 3. The molecule has 1 aromatic carbocycles. The maximum Gasteiger partial charge on any atom is 0.151 e. The zero-order chi connectivity index (χ0) is 13.1. The lowest BCUT2D eigenvalue weighted by Gasteiger charge is -2.28. The Morgan fingerprint density at radius 1 is 1.00 bits per heavy atom. The Kier molecular flexibility index (Phi) is 3.46. The fourth-order valence-corrected chi connectivity index (χ4v) is 2.59. The van der Waals surface area contributed by atoms with Crippen molar-refractivity contribution in [2.45, 2.75) is 25.8 Å². The van der Waals surface area contributed by atoms with Gasteiger partial charge < -0.3 is 10.6 Å². The van der Waals surface area contributed by atoms with E-state index in [1.165, 1.54) is 38.0 Å². The summed E-state index contributed by atoms with van der Waals surface area (Å²) in [5.41, 5.74) is 8.01. The van der Waals surface area contributed by atoms with Gasteiger partial charge in [-0.15, -0.1) is 10.2 Å². The fraction of sp³-hybridized carbons (Fsp3) is 0.429. The van der Waals surface area contributed by atoms with Crippen molar-refractivity contribution in [3.63, 3.8) is 0 Å². The molecule has 19 heavy (non-hydrogen) atoms. The first kappa shape index (κ1) is 12.2. The molecular weight excluding hydrogens is 238 g/mol. The third kappa shape index (κ3) is 2.46. The normalized spacial score (nSPS) is 15.7. The Balaban J connectivity index is 1.82. The van der Waals surface area contributed by atoms with Crippen LogP contribution in [0.25, 0.3) is 5.69 Å². The molecule has 1 saturated heterocycles. The maximum absolute atomic E-state index is 5.65. The number of hydrogen-bond donors (Lipinski definition) is 1. The molecule has 100 valence electrons. The molecule has 0 bridgehead atoms. The average Bonchev–Trinajstić information content (AvgIpc) is 2.97. The highest BCUT2D eigenvalue weighted by Crippen LogP contribution is 2.21. The lowest BCUT2D eigenvalue weighted by Crippen LogP contribution is -2.29. The smallest absolute Gasteiger partial charge is 0.151 e. The fourth-order valence-electron chi connectivity index (χ4n) is 2.59. The summed E-state index contributed by atoms with van der Waals surface area (Å²) in [6, 6.07) is 8.54. The molecule has 2 N–H and O–H groups in total. The summed E-state index contributed by atoms with van der Waals surface area (Å²) in [6.45, 7) is 2.73. The summed E-state index contributed by atoms with van der Waals surface area (Å²) in [5.74, 6) is 0.783. The number of nitrogens with two attached hydrogens (primary N) is 1. The number of anilines is 1. The van der Waals surface area contributed by atoms with E-state index in [0.29, 0.717) is 6.54 Å². The van der Waals surface area contributed by atoms with Crippen LogP contribution in [0.2, 0.25) is 0 Å². The molecule has 2 aromatic rings. The van der Waals surface area contributed by atoms with Gasteiger partial charge in [-0.05, 0) is 43.5 Å². The summed E-state index contributed by atoms with van der Waals surface area (Å²) in [7, 11) is 0. The average molecular weight is 257 g/mol. The minimum atomic E-state index is 0.397. The first-order chi connectivity index (χ1) is 9.38. The SMILES string of the molecule is NCc1nncn1-c1ccc(N2CCCCC2)cc1. The van der Waals surface area contributed by atoms with Crippen LogP contribution in [0.3, 0.4) is 0 Å². The van der Waals surface area contributed by atoms with Crippen molar-refractivity contribution in [2.75, 3.05) is 18.0 Å². The molecule has 0 spiro atoms. The van der Waals surface area contributed by atoms with Crippen molar-refractivity contribution in [3.8, 4) is 5.69 Å². The van der Waals surface area contributed by atoms with Crippen LogP contribution in [0, 0.1) is 0 Å². The highest BCUT2D eigenvalue weighted by atomic mass is 15.3. The van der Waals surface area contributed by atoms with E-state index in [0.717, 1.165) is 11.5 Å². The van der Waals surface area contributed by atoms with Crippen molar-refractivity contribution in [2.24, 2.45) is 5.73 Å². The molecule has 1 aromatic heterocycles. The van der Waals surface area contributed by atoms with Gasteiger partial charge >= 0.3 is 0 Å². The van der Waals surface area contributed by atoms with Crippen molar-refractivity contribution in [1.29, 1.82) is 0 Å². The van der Waals surface area contributed by atoms with Gasteiger partial charge in [0.1, 0.15) is 6.33 Å². The molecule has 0 atom stereocenters. The summed E-state index contributed by atoms with van der Waals surface area (Å²) >= 11 is 0. The molecule has 1 aliphatic heterocycles. The second kappa shape index (κ2) is 5.40. The Labute approximate surface area is 113 Å². The topological polar surface area (TPSA) is 60.0 Å². The molecular formula is C14H19N5. The van der Waals surface area contributed by atoms with Crippen molar-refractivity contribution >= 4 is 5.69 Å². The Bertz CT molecular complexity index is 525. The first-order valence-electron chi connectivity index (χ1n) is 6.83. The van der Waals surface area contributed by atoms with Crippen molar-refractivity contribution in [3.05, 3.63) is 36.4 Å². The van der Waals surface area contributed by atoms with Crippen LogP contribution >= 0.6 is 0 Å². The molecule has 0 saturated carbocycles. The second-order valence-corrected chi connectivity index (χ2v) is 4.89. The Morgan fingerprint density at radius 3 is 2.37 bits per heavy atom. The zero-order valence-electron chi connectivity index (χ0n) is 11.0. The predicted molar refractivity (Wildman–Crippen MR) is 75.3 cm³/mol. The van der Waals surface area contributed by atoms with E-state index in [1.807, 2.05) is 4.57 Å². The van der Waals surface area contributed by atoms with Gasteiger partial charge in [0.15, 0.2) is 5.82 Å². The summed E-state index contributed by atoms with van der Waals surface area (Å²) in [4.78, 5) is 2.45. The van der Waals surface area contributed by atoms with Gasteiger partial charge in [0.2, 0.25) is 0 Å². The van der Waals surface area contributed by atoms with Crippen molar-refractivity contribution < 1.29 is 0 Å². The van der Waals surface area contributed by atoms with Crippen LogP contribution < -0.4 is 10.6 Å². The molecule has 0 aliphatic carbocycles. The molecule has 1 fully saturated rings. The highest BCUT2D eigenvalue weighted by Gasteiger charge is 2.11. The van der Waals surface area contributed by atoms with Crippen LogP contribution in [0.1, 0.15) is 25.1 Å². The summed E-state index contributed by atoms with van der Waals surface area (Å²) in [5, 5.41) is 7.91. The quantitative estimate of drug-likeness (QED) is 0.909. The van der Waals surface area contributed by atoms with Crippen LogP contribution in [0.5, 0.6) is 0 Å².